The fourth-order valence-electron chi connectivity index (χ4n) is 2.68. The maximum Gasteiger partial charge on any atom is 0.124 e. The number of ether oxygens (including phenoxy) is 2. The van der Waals surface area contributed by atoms with Gasteiger partial charge in [-0.1, -0.05) is 13.0 Å². The first-order chi connectivity index (χ1) is 9.22. The van der Waals surface area contributed by atoms with Crippen molar-refractivity contribution in [2.45, 2.75) is 51.9 Å². The van der Waals surface area contributed by atoms with Gasteiger partial charge in [-0.05, 0) is 49.3 Å². The van der Waals surface area contributed by atoms with E-state index >= 15 is 0 Å². The fourth-order valence-corrected chi connectivity index (χ4v) is 2.68. The summed E-state index contributed by atoms with van der Waals surface area (Å²) in [6.07, 6.45) is 5.33. The van der Waals surface area contributed by atoms with Gasteiger partial charge in [0, 0.05) is 12.1 Å². The molecule has 19 heavy (non-hydrogen) atoms. The molecule has 0 spiro atoms. The first-order valence-corrected chi connectivity index (χ1v) is 7.20. The molecule has 2 rings (SSSR count). The minimum absolute atomic E-state index is 0.405. The lowest BCUT2D eigenvalue weighted by molar-refractivity contribution is 0.00800. The van der Waals surface area contributed by atoms with Gasteiger partial charge < -0.3 is 15.2 Å². The van der Waals surface area contributed by atoms with E-state index in [4.69, 9.17) is 15.2 Å². The minimum Gasteiger partial charge on any atom is -0.496 e. The Bertz CT molecular complexity index is 398. The predicted octanol–water partition coefficient (Wildman–Crippen LogP) is 3.25. The van der Waals surface area contributed by atoms with Crippen LogP contribution in [0.2, 0.25) is 0 Å². The van der Waals surface area contributed by atoms with Crippen molar-refractivity contribution in [3.63, 3.8) is 0 Å². The summed E-state index contributed by atoms with van der Waals surface area (Å²) in [4.78, 5) is 0. The van der Waals surface area contributed by atoms with Crippen LogP contribution < -0.4 is 10.5 Å². The van der Waals surface area contributed by atoms with Crippen molar-refractivity contribution < 1.29 is 9.47 Å². The Kier molecular flexibility index (Phi) is 5.23. The second-order valence-corrected chi connectivity index (χ2v) is 5.54. The van der Waals surface area contributed by atoms with Gasteiger partial charge in [-0.25, -0.2) is 0 Å². The van der Waals surface area contributed by atoms with Crippen LogP contribution in [0.15, 0.2) is 18.2 Å². The molecular weight excluding hydrogens is 238 g/mol. The Balaban J connectivity index is 1.94. The summed E-state index contributed by atoms with van der Waals surface area (Å²) in [5.74, 6) is 1.75. The molecule has 0 aliphatic heterocycles. The molecular formula is C16H25NO2. The lowest BCUT2D eigenvalue weighted by atomic mass is 9.89. The Morgan fingerprint density at radius 1 is 1.21 bits per heavy atom. The van der Waals surface area contributed by atoms with E-state index in [-0.39, 0.29) is 0 Å². The van der Waals surface area contributed by atoms with Crippen molar-refractivity contribution in [2.75, 3.05) is 7.11 Å². The van der Waals surface area contributed by atoms with Gasteiger partial charge in [-0.3, -0.25) is 0 Å². The molecule has 0 amide bonds. The van der Waals surface area contributed by atoms with E-state index in [2.05, 4.69) is 13.0 Å². The highest BCUT2D eigenvalue weighted by Crippen LogP contribution is 2.27. The molecule has 3 nitrogen and oxygen atoms in total. The van der Waals surface area contributed by atoms with Crippen LogP contribution in [0.3, 0.4) is 0 Å². The molecule has 0 bridgehead atoms. The van der Waals surface area contributed by atoms with E-state index in [9.17, 15) is 0 Å². The smallest absolute Gasteiger partial charge is 0.124 e. The second-order valence-electron chi connectivity index (χ2n) is 5.54. The molecule has 2 N–H and O–H groups in total. The van der Waals surface area contributed by atoms with Crippen molar-refractivity contribution in [2.24, 2.45) is 11.7 Å². The van der Waals surface area contributed by atoms with Crippen LogP contribution in [-0.4, -0.2) is 13.2 Å². The molecule has 0 unspecified atom stereocenters. The molecule has 1 fully saturated rings. The van der Waals surface area contributed by atoms with Crippen LogP contribution in [0.5, 0.6) is 5.75 Å². The van der Waals surface area contributed by atoms with Gasteiger partial charge in [0.1, 0.15) is 5.75 Å². The van der Waals surface area contributed by atoms with Crippen molar-refractivity contribution in [1.29, 1.82) is 0 Å². The van der Waals surface area contributed by atoms with Crippen LogP contribution in [0.25, 0.3) is 0 Å². The Hall–Kier alpha value is -1.06. The summed E-state index contributed by atoms with van der Waals surface area (Å²) < 4.78 is 11.4. The fraction of sp³-hybridized carbons (Fsp3) is 0.625. The molecule has 1 aromatic rings. The summed E-state index contributed by atoms with van der Waals surface area (Å²) >= 11 is 0. The predicted molar refractivity (Wildman–Crippen MR) is 77.1 cm³/mol. The van der Waals surface area contributed by atoms with Crippen molar-refractivity contribution >= 4 is 0 Å². The molecule has 1 saturated carbocycles. The molecule has 3 heteroatoms. The van der Waals surface area contributed by atoms with Gasteiger partial charge >= 0.3 is 0 Å². The monoisotopic (exact) mass is 263 g/mol. The standard InChI is InChI=1S/C16H25NO2/c1-12-3-6-15(7-4-12)19-11-14-9-13(10-17)5-8-16(14)18-2/h5,8-9,12,15H,3-4,6-7,10-11,17H2,1-2H3. The van der Waals surface area contributed by atoms with Gasteiger partial charge in [-0.15, -0.1) is 0 Å². The average Bonchev–Trinajstić information content (AvgIpc) is 2.46. The number of rotatable bonds is 5. The quantitative estimate of drug-likeness (QED) is 0.887. The van der Waals surface area contributed by atoms with Crippen LogP contribution in [0.1, 0.15) is 43.7 Å². The van der Waals surface area contributed by atoms with Gasteiger partial charge in [-0.2, -0.15) is 0 Å². The van der Waals surface area contributed by atoms with Crippen LogP contribution in [0, 0.1) is 5.92 Å². The van der Waals surface area contributed by atoms with Crippen LogP contribution in [-0.2, 0) is 17.9 Å². The first kappa shape index (κ1) is 14.4. The SMILES string of the molecule is COc1ccc(CN)cc1COC1CCC(C)CC1. The molecule has 1 aliphatic rings. The molecule has 1 aromatic carbocycles. The summed E-state index contributed by atoms with van der Waals surface area (Å²) in [5, 5.41) is 0. The van der Waals surface area contributed by atoms with Crippen molar-refractivity contribution in [3.05, 3.63) is 29.3 Å². The van der Waals surface area contributed by atoms with Crippen LogP contribution in [0.4, 0.5) is 0 Å². The molecule has 1 aliphatic carbocycles. The third-order valence-electron chi connectivity index (χ3n) is 4.02. The van der Waals surface area contributed by atoms with Gasteiger partial charge in [0.05, 0.1) is 19.8 Å². The largest absolute Gasteiger partial charge is 0.496 e. The zero-order valence-electron chi connectivity index (χ0n) is 12.0. The lowest BCUT2D eigenvalue weighted by Crippen LogP contribution is -2.20. The second kappa shape index (κ2) is 6.92. The van der Waals surface area contributed by atoms with E-state index in [0.29, 0.717) is 19.3 Å². The lowest BCUT2D eigenvalue weighted by Gasteiger charge is -2.26. The van der Waals surface area contributed by atoms with Crippen molar-refractivity contribution in [3.8, 4) is 5.75 Å². The average molecular weight is 263 g/mol. The normalized spacial score (nSPS) is 23.3. The summed E-state index contributed by atoms with van der Waals surface area (Å²) in [5.41, 5.74) is 7.91. The summed E-state index contributed by atoms with van der Waals surface area (Å²) in [7, 11) is 1.70. The van der Waals surface area contributed by atoms with Gasteiger partial charge in [0.2, 0.25) is 0 Å². The summed E-state index contributed by atoms with van der Waals surface area (Å²) in [6, 6.07) is 6.07. The highest BCUT2D eigenvalue weighted by atomic mass is 16.5. The molecule has 0 heterocycles. The molecule has 106 valence electrons. The van der Waals surface area contributed by atoms with Crippen LogP contribution >= 0.6 is 0 Å². The summed E-state index contributed by atoms with van der Waals surface area (Å²) in [6.45, 7) is 3.50. The topological polar surface area (TPSA) is 44.5 Å². The number of methoxy groups -OCH3 is 1. The molecule has 0 atom stereocenters. The van der Waals surface area contributed by atoms with Gasteiger partial charge in [0.15, 0.2) is 0 Å². The molecule has 0 saturated heterocycles. The zero-order valence-corrected chi connectivity index (χ0v) is 12.0. The Labute approximate surface area is 116 Å². The van der Waals surface area contributed by atoms with E-state index < -0.39 is 0 Å². The Morgan fingerprint density at radius 2 is 1.95 bits per heavy atom. The first-order valence-electron chi connectivity index (χ1n) is 7.20. The van der Waals surface area contributed by atoms with E-state index in [1.807, 2.05) is 12.1 Å². The number of benzene rings is 1. The zero-order chi connectivity index (χ0) is 13.7. The van der Waals surface area contributed by atoms with Crippen molar-refractivity contribution in [1.82, 2.24) is 0 Å². The molecule has 0 radical (unpaired) electrons. The number of nitrogens with two attached hydrogens (primary N) is 1. The Morgan fingerprint density at radius 3 is 2.58 bits per heavy atom. The number of hydrogen-bond donors (Lipinski definition) is 1. The molecule has 0 aromatic heterocycles. The van der Waals surface area contributed by atoms with E-state index in [1.165, 1.54) is 25.7 Å². The third-order valence-corrected chi connectivity index (χ3v) is 4.02. The number of hydrogen-bond acceptors (Lipinski definition) is 3. The maximum absolute atomic E-state index is 6.04. The van der Waals surface area contributed by atoms with E-state index in [0.717, 1.165) is 22.8 Å². The highest BCUT2D eigenvalue weighted by molar-refractivity contribution is 5.36. The van der Waals surface area contributed by atoms with E-state index in [1.54, 1.807) is 7.11 Å². The highest BCUT2D eigenvalue weighted by Gasteiger charge is 2.19. The maximum atomic E-state index is 6.04. The minimum atomic E-state index is 0.405. The van der Waals surface area contributed by atoms with Gasteiger partial charge in [0.25, 0.3) is 0 Å². The third kappa shape index (κ3) is 3.95.